The molecule has 0 aromatic carbocycles. The second-order valence-corrected chi connectivity index (χ2v) is 9.60. The number of hydrogen-bond donors (Lipinski definition) is 3. The van der Waals surface area contributed by atoms with Crippen molar-refractivity contribution in [2.24, 2.45) is 28.6 Å². The molecule has 0 saturated heterocycles. The second-order valence-electron chi connectivity index (χ2n) is 9.60. The van der Waals surface area contributed by atoms with Gasteiger partial charge in [0.1, 0.15) is 5.60 Å². The third kappa shape index (κ3) is 2.37. The molecule has 4 rings (SSSR count). The molecule has 0 spiro atoms. The smallest absolute Gasteiger partial charge is 0.337 e. The van der Waals surface area contributed by atoms with Crippen LogP contribution >= 0.6 is 0 Å². The number of carbonyl (C=O) groups excluding carboxylic acids is 2. The van der Waals surface area contributed by atoms with Crippen molar-refractivity contribution >= 4 is 11.8 Å². The summed E-state index contributed by atoms with van der Waals surface area (Å²) < 4.78 is 4.68. The normalized spacial score (nSPS) is 48.2. The zero-order chi connectivity index (χ0) is 20.5. The van der Waals surface area contributed by atoms with Crippen molar-refractivity contribution in [3.05, 3.63) is 23.8 Å². The van der Waals surface area contributed by atoms with Gasteiger partial charge in [0.05, 0.1) is 13.2 Å². The molecule has 0 aromatic heterocycles. The van der Waals surface area contributed by atoms with Gasteiger partial charge in [0, 0.05) is 16.7 Å². The van der Waals surface area contributed by atoms with Crippen molar-refractivity contribution in [2.45, 2.75) is 63.8 Å². The lowest BCUT2D eigenvalue weighted by Gasteiger charge is -2.60. The summed E-state index contributed by atoms with van der Waals surface area (Å²) >= 11 is 0. The number of carbonyl (C=O) groups is 2. The number of esters is 1. The summed E-state index contributed by atoms with van der Waals surface area (Å²) in [7, 11) is 1.20. The molecule has 4 aliphatic rings. The van der Waals surface area contributed by atoms with Crippen LogP contribution in [0, 0.1) is 28.6 Å². The largest absolute Gasteiger partial charge is 0.467 e. The maximum atomic E-state index is 12.0. The van der Waals surface area contributed by atoms with E-state index in [1.165, 1.54) is 7.11 Å². The van der Waals surface area contributed by atoms with Crippen molar-refractivity contribution in [1.82, 2.24) is 0 Å². The lowest BCUT2D eigenvalue weighted by Crippen LogP contribution is -2.63. The first-order chi connectivity index (χ1) is 13.1. The molecule has 0 aliphatic heterocycles. The van der Waals surface area contributed by atoms with Gasteiger partial charge in [0.15, 0.2) is 11.9 Å². The van der Waals surface area contributed by atoms with Crippen LogP contribution in [0.2, 0.25) is 0 Å². The Morgan fingerprint density at radius 3 is 2.71 bits per heavy atom. The summed E-state index contributed by atoms with van der Waals surface area (Å²) in [5, 5.41) is 33.2. The third-order valence-corrected chi connectivity index (χ3v) is 8.59. The van der Waals surface area contributed by atoms with Gasteiger partial charge in [-0.3, -0.25) is 4.79 Å². The molecule has 28 heavy (non-hydrogen) atoms. The van der Waals surface area contributed by atoms with Crippen molar-refractivity contribution in [3.8, 4) is 0 Å². The Hall–Kier alpha value is -1.50. The summed E-state index contributed by atoms with van der Waals surface area (Å²) in [6.07, 6.45) is 5.82. The van der Waals surface area contributed by atoms with Gasteiger partial charge in [0.25, 0.3) is 0 Å². The lowest BCUT2D eigenvalue weighted by atomic mass is 9.46. The van der Waals surface area contributed by atoms with Crippen LogP contribution < -0.4 is 0 Å². The summed E-state index contributed by atoms with van der Waals surface area (Å²) in [5.74, 6) is -0.664. The molecule has 6 nitrogen and oxygen atoms in total. The Morgan fingerprint density at radius 1 is 1.32 bits per heavy atom. The van der Waals surface area contributed by atoms with Crippen LogP contribution in [0.25, 0.3) is 0 Å². The number of allylic oxidation sites excluding steroid dienone is 4. The molecule has 0 aromatic rings. The Morgan fingerprint density at radius 2 is 2.04 bits per heavy atom. The summed E-state index contributed by atoms with van der Waals surface area (Å²) in [6.45, 7) is 3.99. The topological polar surface area (TPSA) is 104 Å². The van der Waals surface area contributed by atoms with Gasteiger partial charge in [-0.05, 0) is 56.1 Å². The number of hydrogen-bond acceptors (Lipinski definition) is 6. The van der Waals surface area contributed by atoms with Crippen molar-refractivity contribution < 1.29 is 29.6 Å². The number of ketones is 1. The van der Waals surface area contributed by atoms with E-state index in [4.69, 9.17) is 0 Å². The van der Waals surface area contributed by atoms with Crippen LogP contribution in [0.5, 0.6) is 0 Å². The number of rotatable bonds is 2. The van der Waals surface area contributed by atoms with Crippen LogP contribution in [-0.2, 0) is 14.3 Å². The minimum Gasteiger partial charge on any atom is -0.467 e. The van der Waals surface area contributed by atoms with E-state index in [0.717, 1.165) is 18.4 Å². The molecule has 4 aliphatic carbocycles. The first-order valence-electron chi connectivity index (χ1n) is 10.2. The average molecular weight is 390 g/mol. The molecule has 3 fully saturated rings. The fourth-order valence-corrected chi connectivity index (χ4v) is 7.12. The maximum Gasteiger partial charge on any atom is 0.337 e. The number of ether oxygens (including phenoxy) is 1. The standard InChI is InChI=1S/C22H30O6/c1-20-8-6-13(23)10-12(20)4-5-14-15-7-9-22(27,18(25)19(26)28-3)21(15,2)11-16(24)17(14)20/h6,8,10,14-18,24-25,27H,4-5,7,9,11H2,1-3H3/t14-,15-,16?,17+,18?,20-,21-,22-/m0/s1. The van der Waals surface area contributed by atoms with E-state index in [-0.39, 0.29) is 29.0 Å². The predicted molar refractivity (Wildman–Crippen MR) is 101 cm³/mol. The minimum absolute atomic E-state index is 0.00231. The van der Waals surface area contributed by atoms with Gasteiger partial charge in [-0.15, -0.1) is 0 Å². The number of aliphatic hydroxyl groups is 3. The number of aliphatic hydroxyl groups excluding tert-OH is 2. The Labute approximate surface area is 165 Å². The Bertz CT molecular complexity index is 771. The quantitative estimate of drug-likeness (QED) is 0.618. The molecule has 2 unspecified atom stereocenters. The van der Waals surface area contributed by atoms with Gasteiger partial charge >= 0.3 is 5.97 Å². The van der Waals surface area contributed by atoms with Crippen LogP contribution in [0.3, 0.4) is 0 Å². The third-order valence-electron chi connectivity index (χ3n) is 8.59. The van der Waals surface area contributed by atoms with Gasteiger partial charge in [-0.2, -0.15) is 0 Å². The monoisotopic (exact) mass is 390 g/mol. The summed E-state index contributed by atoms with van der Waals surface area (Å²) in [6, 6.07) is 0. The Kier molecular flexibility index (Phi) is 4.42. The molecule has 0 bridgehead atoms. The van der Waals surface area contributed by atoms with E-state index in [9.17, 15) is 24.9 Å². The van der Waals surface area contributed by atoms with Gasteiger partial charge < -0.3 is 20.1 Å². The van der Waals surface area contributed by atoms with E-state index in [1.807, 2.05) is 13.0 Å². The highest BCUT2D eigenvalue weighted by molar-refractivity contribution is 6.01. The maximum absolute atomic E-state index is 12.0. The van der Waals surface area contributed by atoms with Gasteiger partial charge in [0.2, 0.25) is 0 Å². The zero-order valence-electron chi connectivity index (χ0n) is 16.7. The lowest BCUT2D eigenvalue weighted by molar-refractivity contribution is -0.209. The molecular formula is C22H30O6. The van der Waals surface area contributed by atoms with E-state index < -0.39 is 29.2 Å². The van der Waals surface area contributed by atoms with E-state index in [0.29, 0.717) is 19.3 Å². The number of fused-ring (bicyclic) bond motifs is 5. The van der Waals surface area contributed by atoms with Crippen LogP contribution in [0.1, 0.15) is 46.0 Å². The molecule has 0 radical (unpaired) electrons. The second kappa shape index (κ2) is 6.25. The highest BCUT2D eigenvalue weighted by atomic mass is 16.5. The molecule has 154 valence electrons. The zero-order valence-corrected chi connectivity index (χ0v) is 16.7. The van der Waals surface area contributed by atoms with Crippen molar-refractivity contribution in [3.63, 3.8) is 0 Å². The average Bonchev–Trinajstić information content (AvgIpc) is 2.92. The highest BCUT2D eigenvalue weighted by Crippen LogP contribution is 2.67. The van der Waals surface area contributed by atoms with Gasteiger partial charge in [-0.1, -0.05) is 25.5 Å². The van der Waals surface area contributed by atoms with Crippen LogP contribution in [-0.4, -0.2) is 52.0 Å². The molecule has 3 saturated carbocycles. The highest BCUT2D eigenvalue weighted by Gasteiger charge is 2.68. The molecular weight excluding hydrogens is 360 g/mol. The summed E-state index contributed by atoms with van der Waals surface area (Å²) in [5.41, 5.74) is -1.70. The number of methoxy groups -OCH3 is 1. The molecule has 6 heteroatoms. The summed E-state index contributed by atoms with van der Waals surface area (Å²) in [4.78, 5) is 23.9. The molecule has 8 atom stereocenters. The fraction of sp³-hybridized carbons (Fsp3) is 0.727. The van der Waals surface area contributed by atoms with E-state index in [1.54, 1.807) is 12.2 Å². The van der Waals surface area contributed by atoms with Crippen molar-refractivity contribution in [1.29, 1.82) is 0 Å². The predicted octanol–water partition coefficient (Wildman–Crippen LogP) is 1.53. The van der Waals surface area contributed by atoms with E-state index >= 15 is 0 Å². The van der Waals surface area contributed by atoms with Crippen LogP contribution in [0.4, 0.5) is 0 Å². The van der Waals surface area contributed by atoms with Crippen LogP contribution in [0.15, 0.2) is 23.8 Å². The molecule has 0 heterocycles. The minimum atomic E-state index is -1.63. The molecule has 0 amide bonds. The first kappa shape index (κ1) is 19.8. The van der Waals surface area contributed by atoms with E-state index in [2.05, 4.69) is 11.7 Å². The van der Waals surface area contributed by atoms with Crippen molar-refractivity contribution in [2.75, 3.05) is 7.11 Å². The molecule has 3 N–H and O–H groups in total. The van der Waals surface area contributed by atoms with Gasteiger partial charge in [-0.25, -0.2) is 4.79 Å². The SMILES string of the molecule is COC(=O)C(O)[C@@]1(O)CC[C@H]2[C@@H]3CCC4=CC(=O)C=C[C@]4(C)[C@H]3C(O)C[C@@]21C. The first-order valence-corrected chi connectivity index (χ1v) is 10.2. The fourth-order valence-electron chi connectivity index (χ4n) is 7.12. The Balaban J connectivity index is 1.72.